The highest BCUT2D eigenvalue weighted by Crippen LogP contribution is 2.23. The maximum Gasteiger partial charge on any atom is 0.228 e. The molecule has 0 spiro atoms. The Morgan fingerprint density at radius 1 is 1.00 bits per heavy atom. The zero-order valence-electron chi connectivity index (χ0n) is 11.3. The third-order valence-corrected chi connectivity index (χ3v) is 2.98. The largest absolute Gasteiger partial charge is 0.458 e. The van der Waals surface area contributed by atoms with Crippen LogP contribution < -0.4 is 0 Å². The van der Waals surface area contributed by atoms with E-state index in [1.54, 1.807) is 12.1 Å². The first kappa shape index (κ1) is 12.6. The molecule has 0 amide bonds. The van der Waals surface area contributed by atoms with E-state index in [1.807, 2.05) is 31.2 Å². The van der Waals surface area contributed by atoms with Gasteiger partial charge in [0.25, 0.3) is 0 Å². The second-order valence-electron chi connectivity index (χ2n) is 5.57. The number of hydrogen-bond donors (Lipinski definition) is 0. The lowest BCUT2D eigenvalue weighted by atomic mass is 9.86. The van der Waals surface area contributed by atoms with Crippen LogP contribution >= 0.6 is 0 Å². The fraction of sp³-hybridized carbons (Fsp3) is 0.312. The summed E-state index contributed by atoms with van der Waals surface area (Å²) in [6.07, 6.45) is 0. The van der Waals surface area contributed by atoms with Gasteiger partial charge in [0.15, 0.2) is 5.76 Å². The first-order chi connectivity index (χ1) is 8.38. The molecule has 2 heteroatoms. The van der Waals surface area contributed by atoms with E-state index >= 15 is 0 Å². The summed E-state index contributed by atoms with van der Waals surface area (Å²) in [6, 6.07) is 11.2. The quantitative estimate of drug-likeness (QED) is 0.742. The summed E-state index contributed by atoms with van der Waals surface area (Å²) in [4.78, 5) is 12.1. The van der Waals surface area contributed by atoms with Crippen LogP contribution in [-0.2, 0) is 5.41 Å². The van der Waals surface area contributed by atoms with Crippen molar-refractivity contribution >= 4 is 5.78 Å². The van der Waals surface area contributed by atoms with Crippen LogP contribution in [0.5, 0.6) is 0 Å². The predicted octanol–water partition coefficient (Wildman–Crippen LogP) is 4.12. The Balaban J connectivity index is 2.28. The molecule has 0 saturated heterocycles. The Kier molecular flexibility index (Phi) is 3.12. The van der Waals surface area contributed by atoms with E-state index in [9.17, 15) is 4.79 Å². The van der Waals surface area contributed by atoms with Crippen LogP contribution in [0, 0.1) is 6.92 Å². The maximum atomic E-state index is 12.1. The zero-order valence-corrected chi connectivity index (χ0v) is 11.3. The molecule has 0 N–H and O–H groups in total. The van der Waals surface area contributed by atoms with Gasteiger partial charge < -0.3 is 4.42 Å². The lowest BCUT2D eigenvalue weighted by molar-refractivity contribution is 0.101. The Bertz CT molecular complexity index is 554. The van der Waals surface area contributed by atoms with Crippen LogP contribution in [0.25, 0.3) is 0 Å². The molecule has 18 heavy (non-hydrogen) atoms. The van der Waals surface area contributed by atoms with Gasteiger partial charge in [-0.2, -0.15) is 0 Å². The van der Waals surface area contributed by atoms with Gasteiger partial charge in [-0.25, -0.2) is 0 Å². The molecule has 94 valence electrons. The van der Waals surface area contributed by atoms with Gasteiger partial charge >= 0.3 is 0 Å². The number of furan rings is 1. The van der Waals surface area contributed by atoms with Crippen molar-refractivity contribution in [3.8, 4) is 0 Å². The van der Waals surface area contributed by atoms with Gasteiger partial charge in [-0.15, -0.1) is 0 Å². The third kappa shape index (κ3) is 2.53. The van der Waals surface area contributed by atoms with Crippen LogP contribution in [0.3, 0.4) is 0 Å². The molecule has 2 rings (SSSR count). The lowest BCUT2D eigenvalue weighted by Crippen LogP contribution is -2.11. The Hall–Kier alpha value is -1.83. The summed E-state index contributed by atoms with van der Waals surface area (Å²) >= 11 is 0. The molecule has 0 aliphatic heterocycles. The monoisotopic (exact) mass is 242 g/mol. The van der Waals surface area contributed by atoms with E-state index < -0.39 is 0 Å². The summed E-state index contributed by atoms with van der Waals surface area (Å²) in [7, 11) is 0. The summed E-state index contributed by atoms with van der Waals surface area (Å²) < 4.78 is 5.35. The van der Waals surface area contributed by atoms with Crippen molar-refractivity contribution in [1.82, 2.24) is 0 Å². The summed E-state index contributed by atoms with van der Waals surface area (Å²) in [5.74, 6) is 1.09. The van der Waals surface area contributed by atoms with Crippen molar-refractivity contribution in [1.29, 1.82) is 0 Å². The van der Waals surface area contributed by atoms with Crippen molar-refractivity contribution in [3.05, 3.63) is 59.0 Å². The average molecular weight is 242 g/mol. The smallest absolute Gasteiger partial charge is 0.228 e. The van der Waals surface area contributed by atoms with Crippen LogP contribution in [0.2, 0.25) is 0 Å². The normalized spacial score (nSPS) is 11.6. The van der Waals surface area contributed by atoms with Crippen LogP contribution in [-0.4, -0.2) is 5.78 Å². The Morgan fingerprint density at radius 2 is 1.61 bits per heavy atom. The SMILES string of the molecule is Cc1ccc(C(=O)c2ccc(C(C)(C)C)cc2)o1. The molecule has 0 fully saturated rings. The molecule has 2 aromatic rings. The summed E-state index contributed by atoms with van der Waals surface area (Å²) in [5, 5.41) is 0. The molecule has 1 heterocycles. The minimum Gasteiger partial charge on any atom is -0.458 e. The Labute approximate surface area is 108 Å². The van der Waals surface area contributed by atoms with E-state index in [4.69, 9.17) is 4.42 Å². The molecular formula is C16H18O2. The minimum absolute atomic E-state index is 0.0661. The highest BCUT2D eigenvalue weighted by atomic mass is 16.3. The number of carbonyl (C=O) groups excluding carboxylic acids is 1. The number of aryl methyl sites for hydroxylation is 1. The molecule has 2 nitrogen and oxygen atoms in total. The molecular weight excluding hydrogens is 224 g/mol. The van der Waals surface area contributed by atoms with Gasteiger partial charge in [-0.1, -0.05) is 45.0 Å². The summed E-state index contributed by atoms with van der Waals surface area (Å²) in [6.45, 7) is 8.29. The molecule has 0 atom stereocenters. The number of rotatable bonds is 2. The number of benzene rings is 1. The van der Waals surface area contributed by atoms with E-state index in [2.05, 4.69) is 20.8 Å². The first-order valence-electron chi connectivity index (χ1n) is 6.09. The second-order valence-corrected chi connectivity index (χ2v) is 5.57. The van der Waals surface area contributed by atoms with Crippen LogP contribution in [0.15, 0.2) is 40.8 Å². The highest BCUT2D eigenvalue weighted by Gasteiger charge is 2.16. The highest BCUT2D eigenvalue weighted by molar-refractivity contribution is 6.07. The second kappa shape index (κ2) is 4.45. The van der Waals surface area contributed by atoms with Gasteiger partial charge in [0, 0.05) is 5.56 Å². The molecule has 0 bridgehead atoms. The molecule has 0 radical (unpaired) electrons. The molecule has 0 saturated carbocycles. The van der Waals surface area contributed by atoms with Crippen LogP contribution in [0.4, 0.5) is 0 Å². The standard InChI is InChI=1S/C16H18O2/c1-11-5-10-14(18-11)15(17)12-6-8-13(9-7-12)16(2,3)4/h5-10H,1-4H3. The molecule has 1 aromatic carbocycles. The number of ketones is 1. The maximum absolute atomic E-state index is 12.1. The van der Waals surface area contributed by atoms with Gasteiger partial charge in [0.05, 0.1) is 0 Å². The Morgan fingerprint density at radius 3 is 2.06 bits per heavy atom. The zero-order chi connectivity index (χ0) is 13.3. The van der Waals surface area contributed by atoms with Gasteiger partial charge in [0.1, 0.15) is 5.76 Å². The van der Waals surface area contributed by atoms with Crippen molar-refractivity contribution in [2.75, 3.05) is 0 Å². The van der Waals surface area contributed by atoms with Gasteiger partial charge in [0.2, 0.25) is 5.78 Å². The average Bonchev–Trinajstić information content (AvgIpc) is 2.74. The number of carbonyl (C=O) groups is 1. The first-order valence-corrected chi connectivity index (χ1v) is 6.09. The topological polar surface area (TPSA) is 30.2 Å². The molecule has 0 aliphatic carbocycles. The van der Waals surface area contributed by atoms with E-state index in [0.29, 0.717) is 11.3 Å². The molecule has 0 aliphatic rings. The number of hydrogen-bond acceptors (Lipinski definition) is 2. The van der Waals surface area contributed by atoms with Gasteiger partial charge in [-0.05, 0) is 30.0 Å². The van der Waals surface area contributed by atoms with E-state index in [0.717, 1.165) is 5.76 Å². The van der Waals surface area contributed by atoms with Crippen molar-refractivity contribution in [2.24, 2.45) is 0 Å². The fourth-order valence-electron chi connectivity index (χ4n) is 1.82. The summed E-state index contributed by atoms with van der Waals surface area (Å²) in [5.41, 5.74) is 1.98. The van der Waals surface area contributed by atoms with Crippen LogP contribution in [0.1, 0.15) is 48.2 Å². The molecule has 1 aromatic heterocycles. The molecule has 0 unspecified atom stereocenters. The predicted molar refractivity (Wildman–Crippen MR) is 72.0 cm³/mol. The van der Waals surface area contributed by atoms with Crippen molar-refractivity contribution in [3.63, 3.8) is 0 Å². The van der Waals surface area contributed by atoms with E-state index in [-0.39, 0.29) is 11.2 Å². The fourth-order valence-corrected chi connectivity index (χ4v) is 1.82. The third-order valence-electron chi connectivity index (χ3n) is 2.98. The van der Waals surface area contributed by atoms with E-state index in [1.165, 1.54) is 5.56 Å². The van der Waals surface area contributed by atoms with Crippen molar-refractivity contribution < 1.29 is 9.21 Å². The minimum atomic E-state index is -0.0661. The lowest BCUT2D eigenvalue weighted by Gasteiger charge is -2.18. The van der Waals surface area contributed by atoms with Gasteiger partial charge in [-0.3, -0.25) is 4.79 Å². The van der Waals surface area contributed by atoms with Crippen molar-refractivity contribution in [2.45, 2.75) is 33.1 Å².